The van der Waals surface area contributed by atoms with Crippen molar-refractivity contribution in [3.8, 4) is 0 Å². The van der Waals surface area contributed by atoms with Crippen molar-refractivity contribution in [1.29, 1.82) is 0 Å². The third-order valence-electron chi connectivity index (χ3n) is 4.17. The van der Waals surface area contributed by atoms with E-state index in [9.17, 15) is 10.2 Å². The lowest BCUT2D eigenvalue weighted by Gasteiger charge is -2.32. The Morgan fingerprint density at radius 2 is 2.14 bits per heavy atom. The zero-order valence-electron chi connectivity index (χ0n) is 13.4. The van der Waals surface area contributed by atoms with Crippen LogP contribution in [0.4, 0.5) is 0 Å². The second-order valence-electron chi connectivity index (χ2n) is 6.05. The third kappa shape index (κ3) is 4.71. The molecule has 2 rings (SSSR count). The number of aliphatic imine (C=N–C) groups is 1. The molecule has 1 saturated carbocycles. The molecule has 7 nitrogen and oxygen atoms in total. The number of hydrogen-bond donors (Lipinski definition) is 4. The average Bonchev–Trinajstić information content (AvgIpc) is 2.94. The second kappa shape index (κ2) is 7.60. The lowest BCUT2D eigenvalue weighted by atomic mass is 9.85. The summed E-state index contributed by atoms with van der Waals surface area (Å²) in [6.07, 6.45) is 7.79. The van der Waals surface area contributed by atoms with Gasteiger partial charge in [-0.15, -0.1) is 0 Å². The van der Waals surface area contributed by atoms with Crippen molar-refractivity contribution in [2.45, 2.75) is 43.8 Å². The van der Waals surface area contributed by atoms with Crippen LogP contribution >= 0.6 is 0 Å². The lowest BCUT2D eigenvalue weighted by Crippen LogP contribution is -2.48. The maximum atomic E-state index is 10.5. The minimum absolute atomic E-state index is 0.337. The quantitative estimate of drug-likeness (QED) is 0.464. The highest BCUT2D eigenvalue weighted by atomic mass is 16.3. The number of aliphatic hydroxyl groups is 2. The van der Waals surface area contributed by atoms with Crippen LogP contribution in [0.2, 0.25) is 0 Å². The fourth-order valence-electron chi connectivity index (χ4n) is 2.78. The Hall–Kier alpha value is -1.60. The van der Waals surface area contributed by atoms with Gasteiger partial charge in [-0.3, -0.25) is 9.67 Å². The Labute approximate surface area is 131 Å². The third-order valence-corrected chi connectivity index (χ3v) is 4.17. The van der Waals surface area contributed by atoms with Crippen LogP contribution in [0.1, 0.15) is 43.8 Å². The molecule has 1 aliphatic rings. The fraction of sp³-hybridized carbons (Fsp3) is 0.733. The number of aliphatic hydroxyl groups excluding tert-OH is 1. The van der Waals surface area contributed by atoms with Crippen molar-refractivity contribution in [1.82, 2.24) is 20.4 Å². The predicted octanol–water partition coefficient (Wildman–Crippen LogP) is 0.314. The van der Waals surface area contributed by atoms with Gasteiger partial charge in [-0.2, -0.15) is 5.10 Å². The first-order chi connectivity index (χ1) is 10.5. The van der Waals surface area contributed by atoms with E-state index in [1.54, 1.807) is 24.1 Å². The highest BCUT2D eigenvalue weighted by molar-refractivity contribution is 5.79. The van der Waals surface area contributed by atoms with Gasteiger partial charge in [0, 0.05) is 38.9 Å². The summed E-state index contributed by atoms with van der Waals surface area (Å²) in [7, 11) is 3.49. The molecule has 7 heteroatoms. The maximum Gasteiger partial charge on any atom is 0.191 e. The second-order valence-corrected chi connectivity index (χ2v) is 6.05. The number of nitrogens with zero attached hydrogens (tertiary/aromatic N) is 3. The number of aryl methyl sites for hydroxylation is 1. The molecule has 0 radical (unpaired) electrons. The van der Waals surface area contributed by atoms with Crippen molar-refractivity contribution < 1.29 is 10.2 Å². The van der Waals surface area contributed by atoms with Crippen LogP contribution in [0.3, 0.4) is 0 Å². The van der Waals surface area contributed by atoms with E-state index in [1.165, 1.54) is 6.42 Å². The number of guanidine groups is 1. The first-order valence-electron chi connectivity index (χ1n) is 7.86. The molecule has 0 saturated heterocycles. The van der Waals surface area contributed by atoms with Crippen LogP contribution in [-0.2, 0) is 7.05 Å². The number of aromatic nitrogens is 2. The smallest absolute Gasteiger partial charge is 0.191 e. The summed E-state index contributed by atoms with van der Waals surface area (Å²) in [5, 5.41) is 30.8. The monoisotopic (exact) mass is 309 g/mol. The molecule has 1 unspecified atom stereocenters. The summed E-state index contributed by atoms with van der Waals surface area (Å²) < 4.78 is 1.66. The molecule has 0 aromatic carbocycles. The summed E-state index contributed by atoms with van der Waals surface area (Å²) in [5.74, 6) is 0.585. The van der Waals surface area contributed by atoms with E-state index in [0.29, 0.717) is 19.0 Å². The Bertz CT molecular complexity index is 494. The van der Waals surface area contributed by atoms with Gasteiger partial charge in [0.25, 0.3) is 0 Å². The molecule has 124 valence electrons. The maximum absolute atomic E-state index is 10.5. The summed E-state index contributed by atoms with van der Waals surface area (Å²) in [4.78, 5) is 4.13. The number of nitrogens with one attached hydrogen (secondary N) is 2. The van der Waals surface area contributed by atoms with Crippen LogP contribution in [0.25, 0.3) is 0 Å². The molecule has 0 bridgehead atoms. The summed E-state index contributed by atoms with van der Waals surface area (Å²) in [6.45, 7) is 0.819. The Morgan fingerprint density at radius 1 is 1.41 bits per heavy atom. The molecule has 1 fully saturated rings. The van der Waals surface area contributed by atoms with E-state index in [2.05, 4.69) is 20.7 Å². The van der Waals surface area contributed by atoms with E-state index in [4.69, 9.17) is 0 Å². The topological polar surface area (TPSA) is 94.7 Å². The van der Waals surface area contributed by atoms with Gasteiger partial charge in [-0.25, -0.2) is 0 Å². The van der Waals surface area contributed by atoms with Crippen molar-refractivity contribution in [2.24, 2.45) is 12.0 Å². The van der Waals surface area contributed by atoms with Gasteiger partial charge in [-0.05, 0) is 12.8 Å². The summed E-state index contributed by atoms with van der Waals surface area (Å²) >= 11 is 0. The first kappa shape index (κ1) is 16.8. The van der Waals surface area contributed by atoms with Crippen molar-refractivity contribution in [2.75, 3.05) is 20.1 Å². The predicted molar refractivity (Wildman–Crippen MR) is 85.6 cm³/mol. The van der Waals surface area contributed by atoms with Gasteiger partial charge in [0.1, 0.15) is 0 Å². The molecule has 1 heterocycles. The Morgan fingerprint density at radius 3 is 2.73 bits per heavy atom. The van der Waals surface area contributed by atoms with E-state index in [0.717, 1.165) is 31.2 Å². The Balaban J connectivity index is 1.77. The molecule has 0 amide bonds. The van der Waals surface area contributed by atoms with Gasteiger partial charge in [0.2, 0.25) is 0 Å². The van der Waals surface area contributed by atoms with Crippen LogP contribution < -0.4 is 10.6 Å². The summed E-state index contributed by atoms with van der Waals surface area (Å²) in [6, 6.07) is 0. The number of hydrogen-bond acceptors (Lipinski definition) is 4. The summed E-state index contributed by atoms with van der Waals surface area (Å²) in [5.41, 5.74) is 0.119. The zero-order chi connectivity index (χ0) is 16.0. The van der Waals surface area contributed by atoms with E-state index in [1.807, 2.05) is 7.05 Å². The van der Waals surface area contributed by atoms with Crippen LogP contribution in [0.15, 0.2) is 17.4 Å². The van der Waals surface area contributed by atoms with Gasteiger partial charge >= 0.3 is 0 Å². The van der Waals surface area contributed by atoms with Gasteiger partial charge in [0.05, 0.1) is 17.9 Å². The highest BCUT2D eigenvalue weighted by Crippen LogP contribution is 2.27. The van der Waals surface area contributed by atoms with Gasteiger partial charge in [-0.1, -0.05) is 19.3 Å². The van der Waals surface area contributed by atoms with Crippen molar-refractivity contribution >= 4 is 5.96 Å². The molecule has 1 aliphatic carbocycles. The standard InChI is InChI=1S/C15H27N5O2/c1-16-14(18-11-15(22)6-4-3-5-7-15)17-9-13(21)12-8-19-20(2)10-12/h8,10,13,21-22H,3-7,9,11H2,1-2H3,(H2,16,17,18). The molecule has 1 atom stereocenters. The van der Waals surface area contributed by atoms with Gasteiger partial charge < -0.3 is 20.8 Å². The van der Waals surface area contributed by atoms with Crippen LogP contribution in [0.5, 0.6) is 0 Å². The first-order valence-corrected chi connectivity index (χ1v) is 7.86. The minimum atomic E-state index is -0.648. The molecule has 4 N–H and O–H groups in total. The van der Waals surface area contributed by atoms with Crippen molar-refractivity contribution in [3.63, 3.8) is 0 Å². The molecule has 22 heavy (non-hydrogen) atoms. The van der Waals surface area contributed by atoms with E-state index in [-0.39, 0.29) is 0 Å². The SMILES string of the molecule is CN=C(NCC(O)c1cnn(C)c1)NCC1(O)CCCCC1. The highest BCUT2D eigenvalue weighted by Gasteiger charge is 2.29. The average molecular weight is 309 g/mol. The van der Waals surface area contributed by atoms with E-state index >= 15 is 0 Å². The largest absolute Gasteiger partial charge is 0.388 e. The van der Waals surface area contributed by atoms with E-state index < -0.39 is 11.7 Å². The molecule has 0 aliphatic heterocycles. The zero-order valence-corrected chi connectivity index (χ0v) is 13.4. The van der Waals surface area contributed by atoms with Crippen molar-refractivity contribution in [3.05, 3.63) is 18.0 Å². The van der Waals surface area contributed by atoms with Crippen LogP contribution in [-0.4, -0.2) is 51.7 Å². The normalized spacial score (nSPS) is 19.7. The van der Waals surface area contributed by atoms with Gasteiger partial charge in [0.15, 0.2) is 5.96 Å². The molecule has 1 aromatic heterocycles. The molecule has 0 spiro atoms. The molecule has 1 aromatic rings. The minimum Gasteiger partial charge on any atom is -0.388 e. The molecular formula is C15H27N5O2. The fourth-order valence-corrected chi connectivity index (χ4v) is 2.78. The lowest BCUT2D eigenvalue weighted by molar-refractivity contribution is 0.00856. The Kier molecular flexibility index (Phi) is 5.79. The van der Waals surface area contributed by atoms with Crippen LogP contribution in [0, 0.1) is 0 Å². The molecular weight excluding hydrogens is 282 g/mol. The number of rotatable bonds is 5.